The van der Waals surface area contributed by atoms with Gasteiger partial charge in [0.2, 0.25) is 0 Å². The van der Waals surface area contributed by atoms with E-state index in [0.717, 1.165) is 33.4 Å². The van der Waals surface area contributed by atoms with Gasteiger partial charge in [-0.2, -0.15) is 0 Å². The van der Waals surface area contributed by atoms with Gasteiger partial charge in [0.05, 0.1) is 0 Å². The maximum absolute atomic E-state index is 5.04. The van der Waals surface area contributed by atoms with Gasteiger partial charge < -0.3 is 0 Å². The molecule has 0 unspecified atom stereocenters. The second kappa shape index (κ2) is 14.2. The van der Waals surface area contributed by atoms with Crippen LogP contribution in [0.25, 0.3) is 89.8 Å². The Bertz CT molecular complexity index is 2770. The molecule has 0 spiro atoms. The van der Waals surface area contributed by atoms with E-state index in [-0.39, 0.29) is 0 Å². The van der Waals surface area contributed by atoms with Crippen molar-refractivity contribution in [3.05, 3.63) is 200 Å². The van der Waals surface area contributed by atoms with Gasteiger partial charge >= 0.3 is 0 Å². The largest absolute Gasteiger partial charge is 0.208 e. The van der Waals surface area contributed by atoms with E-state index in [1.807, 2.05) is 12.1 Å². The molecule has 2 heterocycles. The molecule has 0 atom stereocenters. The zero-order valence-corrected chi connectivity index (χ0v) is 32.9. The third-order valence-corrected chi connectivity index (χ3v) is 15.0. The molecule has 8 aromatic carbocycles. The molecule has 1 aliphatic rings. The fourth-order valence-corrected chi connectivity index (χ4v) is 11.3. The minimum atomic E-state index is -1.73. The van der Waals surface area contributed by atoms with E-state index in [4.69, 9.17) is 15.0 Å². The molecule has 9 aromatic rings. The highest BCUT2D eigenvalue weighted by Crippen LogP contribution is 2.33. The van der Waals surface area contributed by atoms with Crippen LogP contribution in [0.15, 0.2) is 200 Å². The molecule has 1 aliphatic heterocycles. The van der Waals surface area contributed by atoms with Crippen molar-refractivity contribution in [2.24, 2.45) is 0 Å². The van der Waals surface area contributed by atoms with Crippen LogP contribution in [0, 0.1) is 0 Å². The topological polar surface area (TPSA) is 38.7 Å². The Morgan fingerprint density at radius 2 is 0.561 bits per heavy atom. The molecular weight excluding hydrogens is 707 g/mol. The first-order chi connectivity index (χ1) is 28.0. The summed E-state index contributed by atoms with van der Waals surface area (Å²) in [7, 11) is -1.73. The quantitative estimate of drug-likeness (QED) is 0.153. The van der Waals surface area contributed by atoms with Gasteiger partial charge in [-0.1, -0.05) is 213 Å². The molecule has 3 nitrogen and oxygen atoms in total. The summed E-state index contributed by atoms with van der Waals surface area (Å²) in [5.41, 5.74) is 15.1. The van der Waals surface area contributed by atoms with Crippen molar-refractivity contribution in [3.63, 3.8) is 0 Å². The summed E-state index contributed by atoms with van der Waals surface area (Å²) in [5, 5.41) is 3.06. The van der Waals surface area contributed by atoms with E-state index < -0.39 is 8.07 Å². The van der Waals surface area contributed by atoms with E-state index in [0.29, 0.717) is 17.5 Å². The zero-order chi connectivity index (χ0) is 38.3. The van der Waals surface area contributed by atoms with Gasteiger partial charge in [0, 0.05) is 16.7 Å². The maximum atomic E-state index is 5.04. The molecule has 1 aromatic heterocycles. The van der Waals surface area contributed by atoms with Crippen molar-refractivity contribution >= 4 is 18.4 Å². The molecular formula is C53H39N3Si. The van der Waals surface area contributed by atoms with E-state index >= 15 is 0 Å². The predicted octanol–water partition coefficient (Wildman–Crippen LogP) is 12.3. The summed E-state index contributed by atoms with van der Waals surface area (Å²) >= 11 is 0. The van der Waals surface area contributed by atoms with Crippen molar-refractivity contribution in [1.29, 1.82) is 0 Å². The normalized spacial score (nSPS) is 12.5. The van der Waals surface area contributed by atoms with Gasteiger partial charge in [-0.15, -0.1) is 0 Å². The zero-order valence-electron chi connectivity index (χ0n) is 31.9. The van der Waals surface area contributed by atoms with Gasteiger partial charge in [-0.05, 0) is 66.0 Å². The second-order valence-electron chi connectivity index (χ2n) is 15.3. The lowest BCUT2D eigenvalue weighted by molar-refractivity contribution is 1.07. The number of rotatable bonds is 7. The summed E-state index contributed by atoms with van der Waals surface area (Å²) < 4.78 is 0. The average molecular weight is 746 g/mol. The second-order valence-corrected chi connectivity index (χ2v) is 19.6. The summed E-state index contributed by atoms with van der Waals surface area (Å²) in [5.74, 6) is 1.92. The molecule has 0 amide bonds. The van der Waals surface area contributed by atoms with Gasteiger partial charge in [0.1, 0.15) is 8.07 Å². The van der Waals surface area contributed by atoms with Crippen LogP contribution in [0.4, 0.5) is 0 Å². The number of hydrogen-bond donors (Lipinski definition) is 0. The van der Waals surface area contributed by atoms with E-state index in [1.54, 1.807) is 0 Å². The van der Waals surface area contributed by atoms with E-state index in [1.165, 1.54) is 49.3 Å². The van der Waals surface area contributed by atoms with Gasteiger partial charge in [-0.25, -0.2) is 15.0 Å². The van der Waals surface area contributed by atoms with Crippen LogP contribution in [0.5, 0.6) is 0 Å². The summed E-state index contributed by atoms with van der Waals surface area (Å²) in [6.45, 7) is 4.94. The Kier molecular flexibility index (Phi) is 8.62. The SMILES string of the molecule is C[Si]1(C)c2ccccc2-c2ccc(-c3ccc(-c4ccc(-c5nc(-c6ccc(-c7ccccc7)cc6)nc(-c6ccc(-c7ccccc7)cc6)n5)cc4)cc3)cc21. The minimum Gasteiger partial charge on any atom is -0.208 e. The van der Waals surface area contributed by atoms with Gasteiger partial charge in [0.15, 0.2) is 17.5 Å². The van der Waals surface area contributed by atoms with Crippen LogP contribution in [-0.4, -0.2) is 23.0 Å². The highest BCUT2D eigenvalue weighted by Gasteiger charge is 2.37. The van der Waals surface area contributed by atoms with Crippen molar-refractivity contribution in [1.82, 2.24) is 15.0 Å². The molecule has 0 fully saturated rings. The molecule has 57 heavy (non-hydrogen) atoms. The van der Waals surface area contributed by atoms with Crippen LogP contribution in [0.2, 0.25) is 13.1 Å². The fraction of sp³-hybridized carbons (Fsp3) is 0.0377. The highest BCUT2D eigenvalue weighted by atomic mass is 28.3. The number of aromatic nitrogens is 3. The van der Waals surface area contributed by atoms with E-state index in [2.05, 4.69) is 201 Å². The van der Waals surface area contributed by atoms with Crippen LogP contribution >= 0.6 is 0 Å². The summed E-state index contributed by atoms with van der Waals surface area (Å²) in [6.07, 6.45) is 0. The lowest BCUT2D eigenvalue weighted by Crippen LogP contribution is -2.49. The first kappa shape index (κ1) is 34.5. The molecule has 0 N–H and O–H groups in total. The number of nitrogens with zero attached hydrogens (tertiary/aromatic N) is 3. The molecule has 0 bridgehead atoms. The number of hydrogen-bond acceptors (Lipinski definition) is 3. The Balaban J connectivity index is 0.955. The molecule has 0 radical (unpaired) electrons. The third-order valence-electron chi connectivity index (χ3n) is 11.4. The van der Waals surface area contributed by atoms with E-state index in [9.17, 15) is 0 Å². The smallest absolute Gasteiger partial charge is 0.164 e. The van der Waals surface area contributed by atoms with Crippen LogP contribution < -0.4 is 10.4 Å². The Labute approximate surface area is 335 Å². The molecule has 0 saturated carbocycles. The summed E-state index contributed by atoms with van der Waals surface area (Å²) in [6, 6.07) is 71.3. The van der Waals surface area contributed by atoms with Crippen molar-refractivity contribution in [2.45, 2.75) is 13.1 Å². The Morgan fingerprint density at radius 1 is 0.263 bits per heavy atom. The molecule has 10 rings (SSSR count). The lowest BCUT2D eigenvalue weighted by Gasteiger charge is -2.19. The monoisotopic (exact) mass is 745 g/mol. The minimum absolute atomic E-state index is 0.640. The highest BCUT2D eigenvalue weighted by molar-refractivity contribution is 7.03. The van der Waals surface area contributed by atoms with Crippen molar-refractivity contribution < 1.29 is 0 Å². The van der Waals surface area contributed by atoms with Crippen LogP contribution in [-0.2, 0) is 0 Å². The Morgan fingerprint density at radius 3 is 0.982 bits per heavy atom. The van der Waals surface area contributed by atoms with Crippen LogP contribution in [0.1, 0.15) is 0 Å². The lowest BCUT2D eigenvalue weighted by atomic mass is 9.97. The number of benzene rings is 8. The maximum Gasteiger partial charge on any atom is 0.164 e. The van der Waals surface area contributed by atoms with Gasteiger partial charge in [0.25, 0.3) is 0 Å². The van der Waals surface area contributed by atoms with Crippen molar-refractivity contribution in [3.8, 4) is 89.8 Å². The Hall–Kier alpha value is -7.01. The van der Waals surface area contributed by atoms with Crippen molar-refractivity contribution in [2.75, 3.05) is 0 Å². The molecule has 4 heteroatoms. The average Bonchev–Trinajstić information content (AvgIpc) is 3.52. The third kappa shape index (κ3) is 6.50. The molecule has 0 saturated heterocycles. The first-order valence-corrected chi connectivity index (χ1v) is 22.5. The number of fused-ring (bicyclic) bond motifs is 3. The molecule has 0 aliphatic carbocycles. The summed E-state index contributed by atoms with van der Waals surface area (Å²) in [4.78, 5) is 15.1. The molecule has 270 valence electrons. The van der Waals surface area contributed by atoms with Crippen LogP contribution in [0.3, 0.4) is 0 Å². The fourth-order valence-electron chi connectivity index (χ4n) is 8.20. The predicted molar refractivity (Wildman–Crippen MR) is 240 cm³/mol. The standard InChI is InChI=1S/C53H39N3Si/c1-57(2)49-16-10-9-15-47(49)48-34-33-46(35-50(48)57)42-19-17-40(18-20-42)41-25-31-45(32-26-41)53-55-51(43-27-21-38(22-28-43)36-11-5-3-6-12-36)54-52(56-53)44-29-23-39(24-30-44)37-13-7-4-8-14-37/h3-35H,1-2H3. The van der Waals surface area contributed by atoms with Gasteiger partial charge in [-0.3, -0.25) is 0 Å². The first-order valence-electron chi connectivity index (χ1n) is 19.5.